The van der Waals surface area contributed by atoms with Crippen LogP contribution in [0.5, 0.6) is 0 Å². The lowest BCUT2D eigenvalue weighted by Crippen LogP contribution is -2.05. The van der Waals surface area contributed by atoms with Crippen molar-refractivity contribution >= 4 is 16.7 Å². The van der Waals surface area contributed by atoms with E-state index in [9.17, 15) is 4.79 Å². The third-order valence-corrected chi connectivity index (χ3v) is 4.40. The van der Waals surface area contributed by atoms with E-state index in [4.69, 9.17) is 5.11 Å². The van der Waals surface area contributed by atoms with Crippen LogP contribution in [0.2, 0.25) is 0 Å². The number of benzene rings is 2. The van der Waals surface area contributed by atoms with Gasteiger partial charge in [-0.15, -0.1) is 0 Å². The van der Waals surface area contributed by atoms with Crippen molar-refractivity contribution in [3.63, 3.8) is 0 Å². The van der Waals surface area contributed by atoms with Gasteiger partial charge in [-0.25, -0.2) is 0 Å². The average molecular weight is 268 g/mol. The highest BCUT2D eigenvalue weighted by Gasteiger charge is 2.16. The van der Waals surface area contributed by atoms with Crippen molar-refractivity contribution in [2.45, 2.75) is 39.0 Å². The standard InChI is InChI=1S/C18H20O2/c1-12(11-17(19)20)5-6-13-7-8-15-10-9-14-3-2-4-16(13)18(14)15/h2-4,7-8,12H,5-6,9-11H2,1H3,(H,19,20). The molecule has 1 aliphatic rings. The minimum atomic E-state index is -0.696. The summed E-state index contributed by atoms with van der Waals surface area (Å²) in [4.78, 5) is 10.7. The summed E-state index contributed by atoms with van der Waals surface area (Å²) in [6, 6.07) is 11.1. The van der Waals surface area contributed by atoms with Crippen molar-refractivity contribution in [1.29, 1.82) is 0 Å². The van der Waals surface area contributed by atoms with Gasteiger partial charge in [-0.3, -0.25) is 4.79 Å². The van der Waals surface area contributed by atoms with Crippen LogP contribution in [0, 0.1) is 5.92 Å². The monoisotopic (exact) mass is 268 g/mol. The number of hydrogen-bond acceptors (Lipinski definition) is 1. The second-order valence-corrected chi connectivity index (χ2v) is 5.97. The van der Waals surface area contributed by atoms with E-state index in [0.717, 1.165) is 25.7 Å². The first-order valence-electron chi connectivity index (χ1n) is 7.39. The second kappa shape index (κ2) is 5.28. The molecule has 1 N–H and O–H groups in total. The molecule has 0 saturated carbocycles. The third-order valence-electron chi connectivity index (χ3n) is 4.40. The molecule has 2 heteroatoms. The van der Waals surface area contributed by atoms with Crippen LogP contribution in [0.25, 0.3) is 10.8 Å². The summed E-state index contributed by atoms with van der Waals surface area (Å²) in [5.74, 6) is -0.464. The fourth-order valence-corrected chi connectivity index (χ4v) is 3.33. The molecular weight excluding hydrogens is 248 g/mol. The van der Waals surface area contributed by atoms with Gasteiger partial charge in [-0.1, -0.05) is 37.3 Å². The van der Waals surface area contributed by atoms with Crippen molar-refractivity contribution in [2.75, 3.05) is 0 Å². The van der Waals surface area contributed by atoms with E-state index < -0.39 is 5.97 Å². The summed E-state index contributed by atoms with van der Waals surface area (Å²) in [7, 11) is 0. The lowest BCUT2D eigenvalue weighted by molar-refractivity contribution is -0.138. The minimum Gasteiger partial charge on any atom is -0.481 e. The molecule has 0 aliphatic heterocycles. The number of aliphatic carboxylic acids is 1. The number of aryl methyl sites for hydroxylation is 3. The molecule has 0 radical (unpaired) electrons. The molecule has 1 aliphatic carbocycles. The van der Waals surface area contributed by atoms with Crippen LogP contribution in [0.1, 0.15) is 36.5 Å². The molecule has 0 aromatic heterocycles. The molecule has 1 unspecified atom stereocenters. The predicted molar refractivity (Wildman–Crippen MR) is 81.1 cm³/mol. The van der Waals surface area contributed by atoms with Gasteiger partial charge < -0.3 is 5.11 Å². The number of carbonyl (C=O) groups is 1. The zero-order chi connectivity index (χ0) is 14.1. The molecule has 2 aromatic carbocycles. The number of carboxylic acid groups (broad SMARTS) is 1. The summed E-state index contributed by atoms with van der Waals surface area (Å²) in [5.41, 5.74) is 4.31. The number of hydrogen-bond donors (Lipinski definition) is 1. The Hall–Kier alpha value is -1.83. The first kappa shape index (κ1) is 13.2. The first-order valence-corrected chi connectivity index (χ1v) is 7.39. The Morgan fingerprint density at radius 3 is 2.70 bits per heavy atom. The maximum Gasteiger partial charge on any atom is 0.303 e. The zero-order valence-electron chi connectivity index (χ0n) is 11.9. The molecular formula is C18H20O2. The molecule has 0 heterocycles. The predicted octanol–water partition coefficient (Wildman–Crippen LogP) is 3.98. The zero-order valence-corrected chi connectivity index (χ0v) is 11.9. The number of rotatable bonds is 5. The molecule has 0 spiro atoms. The molecule has 2 nitrogen and oxygen atoms in total. The lowest BCUT2D eigenvalue weighted by atomic mass is 9.93. The van der Waals surface area contributed by atoms with Crippen molar-refractivity contribution < 1.29 is 9.90 Å². The van der Waals surface area contributed by atoms with E-state index in [-0.39, 0.29) is 12.3 Å². The van der Waals surface area contributed by atoms with E-state index in [1.54, 1.807) is 0 Å². The molecule has 0 amide bonds. The lowest BCUT2D eigenvalue weighted by Gasteiger charge is -2.12. The Balaban J connectivity index is 1.85. The fourth-order valence-electron chi connectivity index (χ4n) is 3.33. The van der Waals surface area contributed by atoms with Gasteiger partial charge in [0.2, 0.25) is 0 Å². The summed E-state index contributed by atoms with van der Waals surface area (Å²) < 4.78 is 0. The molecule has 0 saturated heterocycles. The van der Waals surface area contributed by atoms with Gasteiger partial charge >= 0.3 is 5.97 Å². The average Bonchev–Trinajstić information content (AvgIpc) is 2.83. The Kier molecular flexibility index (Phi) is 3.47. The molecule has 3 rings (SSSR count). The SMILES string of the molecule is CC(CCc1ccc2c3c(cccc13)CC2)CC(=O)O. The van der Waals surface area contributed by atoms with Gasteiger partial charge in [0.25, 0.3) is 0 Å². The minimum absolute atomic E-state index is 0.232. The van der Waals surface area contributed by atoms with Gasteiger partial charge in [0.05, 0.1) is 0 Å². The van der Waals surface area contributed by atoms with Gasteiger partial charge in [0.15, 0.2) is 0 Å². The fraction of sp³-hybridized carbons (Fsp3) is 0.389. The van der Waals surface area contributed by atoms with Crippen LogP contribution < -0.4 is 0 Å². The van der Waals surface area contributed by atoms with Gasteiger partial charge in [-0.2, -0.15) is 0 Å². The van der Waals surface area contributed by atoms with E-state index in [2.05, 4.69) is 30.3 Å². The molecule has 0 fully saturated rings. The largest absolute Gasteiger partial charge is 0.481 e. The van der Waals surface area contributed by atoms with E-state index in [0.29, 0.717) is 0 Å². The highest BCUT2D eigenvalue weighted by molar-refractivity contribution is 5.93. The van der Waals surface area contributed by atoms with Crippen LogP contribution in [-0.2, 0) is 24.1 Å². The van der Waals surface area contributed by atoms with E-state index in [1.807, 2.05) is 6.92 Å². The highest BCUT2D eigenvalue weighted by Crippen LogP contribution is 2.33. The van der Waals surface area contributed by atoms with Crippen LogP contribution in [0.4, 0.5) is 0 Å². The smallest absolute Gasteiger partial charge is 0.303 e. The van der Waals surface area contributed by atoms with Crippen LogP contribution in [-0.4, -0.2) is 11.1 Å². The molecule has 20 heavy (non-hydrogen) atoms. The van der Waals surface area contributed by atoms with E-state index in [1.165, 1.54) is 27.5 Å². The van der Waals surface area contributed by atoms with Gasteiger partial charge in [-0.05, 0) is 59.1 Å². The third kappa shape index (κ3) is 2.43. The van der Waals surface area contributed by atoms with Crippen molar-refractivity contribution in [3.8, 4) is 0 Å². The normalized spacial score (nSPS) is 14.7. The summed E-state index contributed by atoms with van der Waals surface area (Å²) >= 11 is 0. The Morgan fingerprint density at radius 2 is 1.95 bits per heavy atom. The number of carboxylic acids is 1. The summed E-state index contributed by atoms with van der Waals surface area (Å²) in [5, 5.41) is 11.7. The molecule has 0 bridgehead atoms. The molecule has 104 valence electrons. The molecule has 2 aromatic rings. The van der Waals surface area contributed by atoms with Gasteiger partial charge in [0, 0.05) is 6.42 Å². The second-order valence-electron chi connectivity index (χ2n) is 5.97. The highest BCUT2D eigenvalue weighted by atomic mass is 16.4. The maximum atomic E-state index is 10.7. The van der Waals surface area contributed by atoms with Crippen LogP contribution >= 0.6 is 0 Å². The first-order chi connectivity index (χ1) is 9.65. The van der Waals surface area contributed by atoms with E-state index >= 15 is 0 Å². The van der Waals surface area contributed by atoms with Crippen LogP contribution in [0.15, 0.2) is 30.3 Å². The summed E-state index contributed by atoms with van der Waals surface area (Å²) in [6.45, 7) is 2.02. The summed E-state index contributed by atoms with van der Waals surface area (Å²) in [6.07, 6.45) is 4.48. The Morgan fingerprint density at radius 1 is 1.20 bits per heavy atom. The van der Waals surface area contributed by atoms with Crippen molar-refractivity contribution in [2.24, 2.45) is 5.92 Å². The van der Waals surface area contributed by atoms with Crippen molar-refractivity contribution in [1.82, 2.24) is 0 Å². The Bertz CT molecular complexity index is 648. The topological polar surface area (TPSA) is 37.3 Å². The quantitative estimate of drug-likeness (QED) is 0.890. The Labute approximate surface area is 119 Å². The maximum absolute atomic E-state index is 10.7. The van der Waals surface area contributed by atoms with Gasteiger partial charge in [0.1, 0.15) is 0 Å². The van der Waals surface area contributed by atoms with Crippen LogP contribution in [0.3, 0.4) is 0 Å². The molecule has 1 atom stereocenters. The van der Waals surface area contributed by atoms with Crippen molar-refractivity contribution in [3.05, 3.63) is 47.0 Å².